The Bertz CT molecular complexity index is 443. The minimum atomic E-state index is -0.587. The molecule has 21 heavy (non-hydrogen) atoms. The first kappa shape index (κ1) is 18.7. The van der Waals surface area contributed by atoms with E-state index in [9.17, 15) is 5.11 Å². The molecular weight excluding hydrogens is 358 g/mol. The van der Waals surface area contributed by atoms with Gasteiger partial charge < -0.3 is 19.9 Å². The summed E-state index contributed by atoms with van der Waals surface area (Å²) in [5, 5.41) is 13.7. The summed E-state index contributed by atoms with van der Waals surface area (Å²) in [6.45, 7) is 7.58. The molecule has 0 saturated heterocycles. The molecular formula is C15H23BrClNO3. The summed E-state index contributed by atoms with van der Waals surface area (Å²) >= 11 is 9.55. The number of aryl methyl sites for hydroxylation is 1. The highest BCUT2D eigenvalue weighted by atomic mass is 79.9. The molecule has 0 radical (unpaired) electrons. The van der Waals surface area contributed by atoms with E-state index in [2.05, 4.69) is 21.2 Å². The topological polar surface area (TPSA) is 50.7 Å². The number of aliphatic hydroxyl groups is 1. The van der Waals surface area contributed by atoms with Crippen molar-refractivity contribution in [1.82, 2.24) is 0 Å². The number of aliphatic hydroxyl groups excluding tert-OH is 1. The molecule has 0 aromatic heterocycles. The maximum atomic E-state index is 9.86. The molecule has 6 heteroatoms. The molecule has 0 heterocycles. The highest BCUT2D eigenvalue weighted by molar-refractivity contribution is 9.10. The summed E-state index contributed by atoms with van der Waals surface area (Å²) in [5.74, 6) is 0. The van der Waals surface area contributed by atoms with E-state index in [1.54, 1.807) is 0 Å². The van der Waals surface area contributed by atoms with Gasteiger partial charge in [0.2, 0.25) is 0 Å². The second kappa shape index (κ2) is 9.64. The second-order valence-electron chi connectivity index (χ2n) is 5.11. The molecule has 1 aromatic rings. The Morgan fingerprint density at radius 1 is 1.33 bits per heavy atom. The van der Waals surface area contributed by atoms with E-state index in [4.69, 9.17) is 21.1 Å². The van der Waals surface area contributed by atoms with Crippen molar-refractivity contribution < 1.29 is 14.6 Å². The fourth-order valence-corrected chi connectivity index (χ4v) is 2.39. The normalized spacial score (nSPS) is 12.7. The van der Waals surface area contributed by atoms with Gasteiger partial charge in [0.15, 0.2) is 0 Å². The molecule has 120 valence electrons. The first-order valence-corrected chi connectivity index (χ1v) is 8.14. The zero-order valence-corrected chi connectivity index (χ0v) is 15.0. The molecule has 0 aliphatic heterocycles. The van der Waals surface area contributed by atoms with Crippen LogP contribution in [0.4, 0.5) is 5.69 Å². The van der Waals surface area contributed by atoms with Crippen molar-refractivity contribution in [3.8, 4) is 0 Å². The van der Waals surface area contributed by atoms with Crippen LogP contribution in [0.25, 0.3) is 0 Å². The Kier molecular flexibility index (Phi) is 8.59. The van der Waals surface area contributed by atoms with Gasteiger partial charge in [0.25, 0.3) is 0 Å². The summed E-state index contributed by atoms with van der Waals surface area (Å²) in [5.41, 5.74) is 1.86. The van der Waals surface area contributed by atoms with Gasteiger partial charge in [-0.15, -0.1) is 0 Å². The van der Waals surface area contributed by atoms with Crippen molar-refractivity contribution in [1.29, 1.82) is 0 Å². The number of hydrogen-bond acceptors (Lipinski definition) is 4. The smallest absolute Gasteiger partial charge is 0.0945 e. The SMILES string of the molecule is Cc1cc(Br)c(NCC(O)COCCOC(C)C)cc1Cl. The highest BCUT2D eigenvalue weighted by Gasteiger charge is 2.08. The molecule has 2 N–H and O–H groups in total. The van der Waals surface area contributed by atoms with Crippen molar-refractivity contribution in [3.63, 3.8) is 0 Å². The zero-order chi connectivity index (χ0) is 15.8. The van der Waals surface area contributed by atoms with Crippen LogP contribution in [-0.4, -0.2) is 43.7 Å². The van der Waals surface area contributed by atoms with Crippen LogP contribution in [0.2, 0.25) is 5.02 Å². The zero-order valence-electron chi connectivity index (χ0n) is 12.7. The molecule has 1 rings (SSSR count). The van der Waals surface area contributed by atoms with E-state index in [-0.39, 0.29) is 12.7 Å². The van der Waals surface area contributed by atoms with E-state index in [1.165, 1.54) is 0 Å². The van der Waals surface area contributed by atoms with Gasteiger partial charge in [-0.25, -0.2) is 0 Å². The lowest BCUT2D eigenvalue weighted by atomic mass is 10.2. The highest BCUT2D eigenvalue weighted by Crippen LogP contribution is 2.29. The van der Waals surface area contributed by atoms with Crippen LogP contribution in [0.15, 0.2) is 16.6 Å². The fourth-order valence-electron chi connectivity index (χ4n) is 1.63. The molecule has 1 atom stereocenters. The number of hydrogen-bond donors (Lipinski definition) is 2. The molecule has 0 amide bonds. The number of ether oxygens (including phenoxy) is 2. The number of nitrogens with one attached hydrogen (secondary N) is 1. The fraction of sp³-hybridized carbons (Fsp3) is 0.600. The molecule has 1 unspecified atom stereocenters. The maximum Gasteiger partial charge on any atom is 0.0945 e. The van der Waals surface area contributed by atoms with Crippen LogP contribution < -0.4 is 5.32 Å². The van der Waals surface area contributed by atoms with Crippen molar-refractivity contribution in [3.05, 3.63) is 27.2 Å². The van der Waals surface area contributed by atoms with Crippen molar-refractivity contribution in [2.45, 2.75) is 33.0 Å². The number of benzene rings is 1. The van der Waals surface area contributed by atoms with E-state index < -0.39 is 6.10 Å². The molecule has 0 spiro atoms. The molecule has 0 fully saturated rings. The van der Waals surface area contributed by atoms with Crippen molar-refractivity contribution >= 4 is 33.2 Å². The predicted molar refractivity (Wildman–Crippen MR) is 90.3 cm³/mol. The Balaban J connectivity index is 2.27. The van der Waals surface area contributed by atoms with Crippen LogP contribution >= 0.6 is 27.5 Å². The van der Waals surface area contributed by atoms with E-state index in [0.717, 1.165) is 15.7 Å². The third-order valence-electron chi connectivity index (χ3n) is 2.77. The lowest BCUT2D eigenvalue weighted by Crippen LogP contribution is -2.26. The van der Waals surface area contributed by atoms with E-state index in [1.807, 2.05) is 32.9 Å². The van der Waals surface area contributed by atoms with Crippen LogP contribution in [0.5, 0.6) is 0 Å². The number of rotatable bonds is 9. The Hall–Kier alpha value is -0.330. The Morgan fingerprint density at radius 3 is 2.71 bits per heavy atom. The molecule has 1 aromatic carbocycles. The summed E-state index contributed by atoms with van der Waals surface area (Å²) in [6.07, 6.45) is -0.389. The quantitative estimate of drug-likeness (QED) is 0.642. The molecule has 0 saturated carbocycles. The standard InChI is InChI=1S/C15H23BrClNO3/c1-10(2)21-5-4-20-9-12(19)8-18-15-7-14(17)11(3)6-13(15)16/h6-7,10,12,18-19H,4-5,8-9H2,1-3H3. The van der Waals surface area contributed by atoms with E-state index >= 15 is 0 Å². The number of anilines is 1. The van der Waals surface area contributed by atoms with Gasteiger partial charge in [-0.3, -0.25) is 0 Å². The summed E-state index contributed by atoms with van der Waals surface area (Å²) in [7, 11) is 0. The summed E-state index contributed by atoms with van der Waals surface area (Å²) in [6, 6.07) is 3.78. The van der Waals surface area contributed by atoms with E-state index in [0.29, 0.717) is 24.8 Å². The van der Waals surface area contributed by atoms with Crippen LogP contribution in [0.1, 0.15) is 19.4 Å². The first-order chi connectivity index (χ1) is 9.90. The molecule has 0 bridgehead atoms. The summed E-state index contributed by atoms with van der Waals surface area (Å²) in [4.78, 5) is 0. The lowest BCUT2D eigenvalue weighted by Gasteiger charge is -2.15. The average Bonchev–Trinajstić information content (AvgIpc) is 2.40. The maximum absolute atomic E-state index is 9.86. The van der Waals surface area contributed by atoms with Crippen LogP contribution in [-0.2, 0) is 9.47 Å². The second-order valence-corrected chi connectivity index (χ2v) is 6.37. The van der Waals surface area contributed by atoms with Gasteiger partial charge in [0.1, 0.15) is 0 Å². The minimum Gasteiger partial charge on any atom is -0.389 e. The molecule has 0 aliphatic carbocycles. The molecule has 0 aliphatic rings. The Morgan fingerprint density at radius 2 is 2.05 bits per heavy atom. The van der Waals surface area contributed by atoms with Crippen LogP contribution in [0, 0.1) is 6.92 Å². The van der Waals surface area contributed by atoms with Gasteiger partial charge in [-0.05, 0) is 54.4 Å². The minimum absolute atomic E-state index is 0.198. The lowest BCUT2D eigenvalue weighted by molar-refractivity contribution is -0.00734. The first-order valence-electron chi connectivity index (χ1n) is 6.97. The van der Waals surface area contributed by atoms with Crippen molar-refractivity contribution in [2.75, 3.05) is 31.7 Å². The van der Waals surface area contributed by atoms with Gasteiger partial charge in [-0.2, -0.15) is 0 Å². The van der Waals surface area contributed by atoms with Gasteiger partial charge in [0.05, 0.1) is 37.7 Å². The number of halogens is 2. The third-order valence-corrected chi connectivity index (χ3v) is 3.83. The monoisotopic (exact) mass is 379 g/mol. The van der Waals surface area contributed by atoms with Gasteiger partial charge in [-0.1, -0.05) is 11.6 Å². The summed E-state index contributed by atoms with van der Waals surface area (Å²) < 4.78 is 11.6. The third kappa shape index (κ3) is 7.47. The molecule has 4 nitrogen and oxygen atoms in total. The van der Waals surface area contributed by atoms with Gasteiger partial charge >= 0.3 is 0 Å². The predicted octanol–water partition coefficient (Wildman–Crippen LogP) is 3.63. The largest absolute Gasteiger partial charge is 0.389 e. The average molecular weight is 381 g/mol. The van der Waals surface area contributed by atoms with Crippen LogP contribution in [0.3, 0.4) is 0 Å². The van der Waals surface area contributed by atoms with Gasteiger partial charge in [0, 0.05) is 16.0 Å². The Labute approximate surface area is 139 Å². The van der Waals surface area contributed by atoms with Crippen molar-refractivity contribution in [2.24, 2.45) is 0 Å².